The minimum atomic E-state index is -4.67. The van der Waals surface area contributed by atoms with Crippen molar-refractivity contribution in [3.8, 4) is 5.75 Å². The largest absolute Gasteiger partial charge is 0.573 e. The Morgan fingerprint density at radius 3 is 2.40 bits per heavy atom. The molecule has 0 amide bonds. The molecule has 1 aromatic heterocycles. The van der Waals surface area contributed by atoms with Gasteiger partial charge in [-0.3, -0.25) is 0 Å². The summed E-state index contributed by atoms with van der Waals surface area (Å²) in [6.07, 6.45) is -3.07. The zero-order chi connectivity index (χ0) is 14.8. The van der Waals surface area contributed by atoms with Crippen LogP contribution in [0.3, 0.4) is 0 Å². The van der Waals surface area contributed by atoms with Crippen LogP contribution in [0.4, 0.5) is 13.2 Å². The van der Waals surface area contributed by atoms with Crippen LogP contribution in [0.1, 0.15) is 17.7 Å². The van der Waals surface area contributed by atoms with E-state index in [1.54, 1.807) is 23.0 Å². The maximum atomic E-state index is 12.1. The number of halogens is 3. The maximum Gasteiger partial charge on any atom is 0.573 e. The average molecular weight is 303 g/mol. The van der Waals surface area contributed by atoms with E-state index in [-0.39, 0.29) is 11.0 Å². The fourth-order valence-corrected chi connectivity index (χ4v) is 2.46. The minimum Gasteiger partial charge on any atom is -0.406 e. The van der Waals surface area contributed by atoms with Gasteiger partial charge in [0, 0.05) is 12.3 Å². The second-order valence-electron chi connectivity index (χ2n) is 4.10. The van der Waals surface area contributed by atoms with E-state index in [0.29, 0.717) is 0 Å². The van der Waals surface area contributed by atoms with Crippen LogP contribution >= 0.6 is 11.8 Å². The predicted octanol–water partition coefficient (Wildman–Crippen LogP) is 3.57. The number of hydrogen-bond donors (Lipinski definition) is 0. The number of aromatic nitrogens is 3. The molecule has 1 atom stereocenters. The predicted molar refractivity (Wildman–Crippen MR) is 68.4 cm³/mol. The Labute approximate surface area is 118 Å². The second-order valence-corrected chi connectivity index (χ2v) is 5.41. The van der Waals surface area contributed by atoms with Gasteiger partial charge >= 0.3 is 6.36 Å². The SMILES string of the molecule is CC(Sc1nncn1C)c1ccc(OC(F)(F)F)cc1. The van der Waals surface area contributed by atoms with E-state index < -0.39 is 6.36 Å². The van der Waals surface area contributed by atoms with Crippen molar-refractivity contribution < 1.29 is 17.9 Å². The normalized spacial score (nSPS) is 13.2. The molecule has 0 aliphatic rings. The third-order valence-electron chi connectivity index (χ3n) is 2.54. The molecule has 2 rings (SSSR count). The molecule has 1 heterocycles. The van der Waals surface area contributed by atoms with Crippen LogP contribution < -0.4 is 4.74 Å². The Hall–Kier alpha value is -1.70. The molecule has 20 heavy (non-hydrogen) atoms. The fourth-order valence-electron chi connectivity index (χ4n) is 1.55. The summed E-state index contributed by atoms with van der Waals surface area (Å²) in [6, 6.07) is 5.82. The summed E-state index contributed by atoms with van der Waals surface area (Å²) < 4.78 is 41.8. The van der Waals surface area contributed by atoms with Crippen molar-refractivity contribution in [2.75, 3.05) is 0 Å². The molecule has 4 nitrogen and oxygen atoms in total. The van der Waals surface area contributed by atoms with Gasteiger partial charge in [0.2, 0.25) is 0 Å². The molecule has 0 aliphatic carbocycles. The molecule has 1 unspecified atom stereocenters. The number of rotatable bonds is 4. The first-order valence-electron chi connectivity index (χ1n) is 5.71. The summed E-state index contributed by atoms with van der Waals surface area (Å²) in [5.74, 6) is -0.225. The number of thioether (sulfide) groups is 1. The van der Waals surface area contributed by atoms with Gasteiger partial charge in [0.25, 0.3) is 0 Å². The topological polar surface area (TPSA) is 39.9 Å². The monoisotopic (exact) mass is 303 g/mol. The third kappa shape index (κ3) is 3.89. The quantitative estimate of drug-likeness (QED) is 0.810. The van der Waals surface area contributed by atoms with Gasteiger partial charge in [-0.15, -0.1) is 23.4 Å². The summed E-state index contributed by atoms with van der Waals surface area (Å²) in [6.45, 7) is 1.94. The van der Waals surface area contributed by atoms with Crippen LogP contribution in [-0.4, -0.2) is 21.1 Å². The lowest BCUT2D eigenvalue weighted by atomic mass is 10.2. The number of benzene rings is 1. The lowest BCUT2D eigenvalue weighted by Gasteiger charge is -2.12. The van der Waals surface area contributed by atoms with Crippen molar-refractivity contribution >= 4 is 11.8 Å². The first-order valence-corrected chi connectivity index (χ1v) is 6.59. The van der Waals surface area contributed by atoms with Crippen LogP contribution in [0.15, 0.2) is 35.7 Å². The summed E-state index contributed by atoms with van der Waals surface area (Å²) in [4.78, 5) is 0. The summed E-state index contributed by atoms with van der Waals surface area (Å²) >= 11 is 1.48. The Kier molecular flexibility index (Phi) is 4.22. The molecular weight excluding hydrogens is 291 g/mol. The molecule has 108 valence electrons. The highest BCUT2D eigenvalue weighted by atomic mass is 32.2. The van der Waals surface area contributed by atoms with Gasteiger partial charge in [-0.05, 0) is 24.6 Å². The van der Waals surface area contributed by atoms with Crippen molar-refractivity contribution in [3.63, 3.8) is 0 Å². The molecule has 0 N–H and O–H groups in total. The van der Waals surface area contributed by atoms with Gasteiger partial charge in [-0.2, -0.15) is 0 Å². The lowest BCUT2D eigenvalue weighted by Crippen LogP contribution is -2.17. The van der Waals surface area contributed by atoms with Crippen LogP contribution in [0, 0.1) is 0 Å². The van der Waals surface area contributed by atoms with Gasteiger partial charge in [-0.25, -0.2) is 0 Å². The molecule has 0 saturated carbocycles. The number of aryl methyl sites for hydroxylation is 1. The standard InChI is InChI=1S/C12H12F3N3OS/c1-8(20-11-17-16-7-18(11)2)9-3-5-10(6-4-9)19-12(13,14)15/h3-8H,1-2H3. The third-order valence-corrected chi connectivity index (χ3v) is 3.74. The highest BCUT2D eigenvalue weighted by Crippen LogP contribution is 2.34. The van der Waals surface area contributed by atoms with E-state index in [2.05, 4.69) is 14.9 Å². The van der Waals surface area contributed by atoms with Crippen molar-refractivity contribution in [2.24, 2.45) is 7.05 Å². The van der Waals surface area contributed by atoms with Gasteiger partial charge in [-0.1, -0.05) is 23.9 Å². The number of ether oxygens (including phenoxy) is 1. The van der Waals surface area contributed by atoms with Gasteiger partial charge in [0.15, 0.2) is 5.16 Å². The molecule has 0 saturated heterocycles. The van der Waals surface area contributed by atoms with Crippen molar-refractivity contribution in [2.45, 2.75) is 23.7 Å². The summed E-state index contributed by atoms with van der Waals surface area (Å²) in [5.41, 5.74) is 0.882. The molecule has 0 spiro atoms. The van der Waals surface area contributed by atoms with E-state index in [4.69, 9.17) is 0 Å². The van der Waals surface area contributed by atoms with E-state index in [9.17, 15) is 13.2 Å². The molecule has 0 fully saturated rings. The van der Waals surface area contributed by atoms with Crippen molar-refractivity contribution in [1.82, 2.24) is 14.8 Å². The minimum absolute atomic E-state index is 0.0397. The van der Waals surface area contributed by atoms with Crippen molar-refractivity contribution in [1.29, 1.82) is 0 Å². The zero-order valence-electron chi connectivity index (χ0n) is 10.8. The fraction of sp³-hybridized carbons (Fsp3) is 0.333. The van der Waals surface area contributed by atoms with Gasteiger partial charge < -0.3 is 9.30 Å². The maximum absolute atomic E-state index is 12.1. The van der Waals surface area contributed by atoms with Crippen LogP contribution in [0.25, 0.3) is 0 Å². The lowest BCUT2D eigenvalue weighted by molar-refractivity contribution is -0.274. The van der Waals surface area contributed by atoms with Gasteiger partial charge in [0.1, 0.15) is 12.1 Å². The molecule has 1 aromatic carbocycles. The highest BCUT2D eigenvalue weighted by Gasteiger charge is 2.31. The molecule has 0 radical (unpaired) electrons. The Balaban J connectivity index is 2.04. The Morgan fingerprint density at radius 1 is 1.25 bits per heavy atom. The first kappa shape index (κ1) is 14.7. The van der Waals surface area contributed by atoms with E-state index in [0.717, 1.165) is 10.7 Å². The highest BCUT2D eigenvalue weighted by molar-refractivity contribution is 7.99. The second kappa shape index (κ2) is 5.74. The Morgan fingerprint density at radius 2 is 1.90 bits per heavy atom. The summed E-state index contributed by atoms with van der Waals surface area (Å²) in [7, 11) is 1.83. The molecule has 0 aliphatic heterocycles. The van der Waals surface area contributed by atoms with E-state index in [1.807, 2.05) is 14.0 Å². The average Bonchev–Trinajstić information content (AvgIpc) is 2.74. The molecular formula is C12H12F3N3OS. The van der Waals surface area contributed by atoms with Crippen LogP contribution in [-0.2, 0) is 7.05 Å². The van der Waals surface area contributed by atoms with E-state index >= 15 is 0 Å². The first-order chi connectivity index (χ1) is 9.35. The van der Waals surface area contributed by atoms with Crippen molar-refractivity contribution in [3.05, 3.63) is 36.2 Å². The van der Waals surface area contributed by atoms with Gasteiger partial charge in [0.05, 0.1) is 0 Å². The number of hydrogen-bond acceptors (Lipinski definition) is 4. The number of nitrogens with zero attached hydrogens (tertiary/aromatic N) is 3. The van der Waals surface area contributed by atoms with Crippen LogP contribution in [0.2, 0.25) is 0 Å². The van der Waals surface area contributed by atoms with Crippen LogP contribution in [0.5, 0.6) is 5.75 Å². The van der Waals surface area contributed by atoms with E-state index in [1.165, 1.54) is 23.9 Å². The number of alkyl halides is 3. The smallest absolute Gasteiger partial charge is 0.406 e. The molecule has 2 aromatic rings. The Bertz CT molecular complexity index is 568. The zero-order valence-corrected chi connectivity index (χ0v) is 11.6. The molecule has 8 heteroatoms. The summed E-state index contributed by atoms with van der Waals surface area (Å²) in [5, 5.41) is 8.50. The molecule has 0 bridgehead atoms.